The Bertz CT molecular complexity index is 940. The Balaban J connectivity index is 1.64. The lowest BCUT2D eigenvalue weighted by Gasteiger charge is -2.30. The molecule has 1 heterocycles. The van der Waals surface area contributed by atoms with Crippen LogP contribution in [0.4, 0.5) is 14.9 Å². The van der Waals surface area contributed by atoms with Crippen molar-refractivity contribution in [3.05, 3.63) is 34.2 Å². The van der Waals surface area contributed by atoms with Crippen LogP contribution >= 0.6 is 15.9 Å². The maximum Gasteiger partial charge on any atom is 0.404 e. The molecule has 28 heavy (non-hydrogen) atoms. The average Bonchev–Trinajstić information content (AvgIpc) is 3.49. The summed E-state index contributed by atoms with van der Waals surface area (Å²) in [6.45, 7) is 0. The minimum Gasteiger partial charge on any atom is -0.465 e. The number of aromatic nitrogens is 1. The van der Waals surface area contributed by atoms with Gasteiger partial charge in [0, 0.05) is 35.7 Å². The van der Waals surface area contributed by atoms with Crippen LogP contribution in [0.5, 0.6) is 0 Å². The molecule has 0 unspecified atom stereocenters. The fourth-order valence-electron chi connectivity index (χ4n) is 3.86. The second-order valence-corrected chi connectivity index (χ2v) is 8.47. The largest absolute Gasteiger partial charge is 0.465 e. The first kappa shape index (κ1) is 19.1. The Morgan fingerprint density at radius 2 is 1.79 bits per heavy atom. The van der Waals surface area contributed by atoms with Crippen molar-refractivity contribution in [2.75, 3.05) is 5.32 Å². The van der Waals surface area contributed by atoms with Crippen LogP contribution in [-0.2, 0) is 0 Å². The quantitative estimate of drug-likeness (QED) is 0.574. The first-order valence-electron chi connectivity index (χ1n) is 9.50. The van der Waals surface area contributed by atoms with Crippen LogP contribution in [-0.4, -0.2) is 34.1 Å². The maximum absolute atomic E-state index is 14.0. The molecule has 2 saturated carbocycles. The number of nitrogens with one attached hydrogen (secondary N) is 2. The molecular formula is C20H21BrFN3O3. The van der Waals surface area contributed by atoms with Crippen molar-refractivity contribution < 1.29 is 19.1 Å². The summed E-state index contributed by atoms with van der Waals surface area (Å²) in [5.41, 5.74) is 1.76. The number of fused-ring (bicyclic) bond motifs is 1. The average molecular weight is 450 g/mol. The van der Waals surface area contributed by atoms with Crippen molar-refractivity contribution in [1.82, 2.24) is 10.3 Å². The zero-order chi connectivity index (χ0) is 19.8. The van der Waals surface area contributed by atoms with Crippen LogP contribution in [0.2, 0.25) is 0 Å². The van der Waals surface area contributed by atoms with Gasteiger partial charge in [-0.2, -0.15) is 0 Å². The number of benzene rings is 1. The van der Waals surface area contributed by atoms with Gasteiger partial charge in [0.1, 0.15) is 5.82 Å². The molecule has 2 aliphatic carbocycles. The zero-order valence-corrected chi connectivity index (χ0v) is 16.8. The number of rotatable bonds is 5. The van der Waals surface area contributed by atoms with E-state index in [1.54, 1.807) is 12.3 Å². The van der Waals surface area contributed by atoms with Gasteiger partial charge in [-0.15, -0.1) is 0 Å². The van der Waals surface area contributed by atoms with Crippen LogP contribution < -0.4 is 10.6 Å². The number of hydrogen-bond donors (Lipinski definition) is 3. The number of ketones is 1. The summed E-state index contributed by atoms with van der Waals surface area (Å²) in [7, 11) is 0. The summed E-state index contributed by atoms with van der Waals surface area (Å²) < 4.78 is 14.3. The van der Waals surface area contributed by atoms with Crippen molar-refractivity contribution >= 4 is 44.4 Å². The first-order chi connectivity index (χ1) is 13.4. The second kappa shape index (κ2) is 7.66. The van der Waals surface area contributed by atoms with Gasteiger partial charge in [-0.3, -0.25) is 9.78 Å². The molecule has 0 aliphatic heterocycles. The lowest BCUT2D eigenvalue weighted by molar-refractivity contribution is 0.0968. The van der Waals surface area contributed by atoms with Crippen molar-refractivity contribution in [1.29, 1.82) is 0 Å². The number of halogens is 2. The normalized spacial score (nSPS) is 22.1. The lowest BCUT2D eigenvalue weighted by Crippen LogP contribution is -2.39. The van der Waals surface area contributed by atoms with Gasteiger partial charge >= 0.3 is 6.09 Å². The maximum atomic E-state index is 14.0. The molecule has 1 aromatic heterocycles. The lowest BCUT2D eigenvalue weighted by atomic mass is 9.90. The highest BCUT2D eigenvalue weighted by Gasteiger charge is 2.33. The molecule has 1 aromatic carbocycles. The van der Waals surface area contributed by atoms with Gasteiger partial charge in [-0.25, -0.2) is 9.18 Å². The summed E-state index contributed by atoms with van der Waals surface area (Å²) in [5.74, 6) is -0.259. The molecule has 6 nitrogen and oxygen atoms in total. The van der Waals surface area contributed by atoms with Crippen molar-refractivity contribution in [3.8, 4) is 0 Å². The van der Waals surface area contributed by atoms with E-state index in [1.807, 2.05) is 0 Å². The van der Waals surface area contributed by atoms with Crippen molar-refractivity contribution in [3.63, 3.8) is 0 Å². The molecule has 3 N–H and O–H groups in total. The molecule has 0 bridgehead atoms. The zero-order valence-electron chi connectivity index (χ0n) is 15.2. The minimum atomic E-state index is -0.999. The van der Waals surface area contributed by atoms with E-state index in [0.717, 1.165) is 38.5 Å². The Morgan fingerprint density at radius 3 is 2.43 bits per heavy atom. The third-order valence-corrected chi connectivity index (χ3v) is 6.13. The van der Waals surface area contributed by atoms with Crippen LogP contribution in [0.15, 0.2) is 22.8 Å². The molecule has 1 amide bonds. The SMILES string of the molecule is O=C(O)NC1CCC(Nc2c(C(=O)C3CC3)cnc3cc(F)c(Br)cc23)CC1. The number of carbonyl (C=O) groups is 2. The Hall–Kier alpha value is -2.22. The molecule has 4 rings (SSSR count). The number of amides is 1. The van der Waals surface area contributed by atoms with Gasteiger partial charge in [-0.05, 0) is 60.5 Å². The van der Waals surface area contributed by atoms with Crippen molar-refractivity contribution in [2.24, 2.45) is 5.92 Å². The predicted molar refractivity (Wildman–Crippen MR) is 107 cm³/mol. The molecule has 2 aliphatic rings. The highest BCUT2D eigenvalue weighted by atomic mass is 79.9. The molecule has 2 fully saturated rings. The van der Waals surface area contributed by atoms with E-state index >= 15 is 0 Å². The van der Waals surface area contributed by atoms with Crippen molar-refractivity contribution in [2.45, 2.75) is 50.6 Å². The van der Waals surface area contributed by atoms with E-state index in [9.17, 15) is 14.0 Å². The third kappa shape index (κ3) is 3.97. The fraction of sp³-hybridized carbons (Fsp3) is 0.450. The van der Waals surface area contributed by atoms with E-state index < -0.39 is 11.9 Å². The topological polar surface area (TPSA) is 91.3 Å². The Morgan fingerprint density at radius 1 is 1.11 bits per heavy atom. The monoisotopic (exact) mass is 449 g/mol. The summed E-state index contributed by atoms with van der Waals surface area (Å²) in [5, 5.41) is 15.6. The van der Waals surface area contributed by atoms with E-state index in [4.69, 9.17) is 5.11 Å². The standard InChI is InChI=1S/C20H21BrFN3O3/c21-15-7-13-17(8-16(15)22)23-9-14(19(26)10-1-2-10)18(13)24-11-3-5-12(6-4-11)25-20(27)28/h7-12,25H,1-6H2,(H,23,24)(H,27,28). The number of Topliss-reactive ketones (excluding diaryl/α,β-unsaturated/α-hetero) is 1. The Kier molecular flexibility index (Phi) is 5.23. The molecule has 8 heteroatoms. The van der Waals surface area contributed by atoms with Crippen LogP contribution in [0.3, 0.4) is 0 Å². The molecule has 2 aromatic rings. The number of carboxylic acid groups (broad SMARTS) is 1. The molecular weight excluding hydrogens is 429 g/mol. The third-order valence-electron chi connectivity index (χ3n) is 5.53. The number of pyridine rings is 1. The van der Waals surface area contributed by atoms with E-state index in [2.05, 4.69) is 31.5 Å². The molecule has 148 valence electrons. The number of carbonyl (C=O) groups excluding carboxylic acids is 1. The number of anilines is 1. The Labute approximate surface area is 170 Å². The highest BCUT2D eigenvalue weighted by molar-refractivity contribution is 9.10. The van der Waals surface area contributed by atoms with Crippen LogP contribution in [0.25, 0.3) is 10.9 Å². The van der Waals surface area contributed by atoms with E-state index in [-0.39, 0.29) is 23.8 Å². The van der Waals surface area contributed by atoms with Gasteiger partial charge in [0.05, 0.1) is 21.2 Å². The minimum absolute atomic E-state index is 0.0412. The molecule has 0 saturated heterocycles. The van der Waals surface area contributed by atoms with Crippen LogP contribution in [0.1, 0.15) is 48.9 Å². The van der Waals surface area contributed by atoms with Gasteiger partial charge < -0.3 is 15.7 Å². The summed E-state index contributed by atoms with van der Waals surface area (Å²) in [6, 6.07) is 3.11. The van der Waals surface area contributed by atoms with Gasteiger partial charge in [-0.1, -0.05) is 0 Å². The van der Waals surface area contributed by atoms with Gasteiger partial charge in [0.25, 0.3) is 0 Å². The molecule has 0 atom stereocenters. The first-order valence-corrected chi connectivity index (χ1v) is 10.3. The van der Waals surface area contributed by atoms with Gasteiger partial charge in [0.15, 0.2) is 5.78 Å². The second-order valence-electron chi connectivity index (χ2n) is 7.61. The van der Waals surface area contributed by atoms with E-state index in [0.29, 0.717) is 26.6 Å². The molecule has 0 spiro atoms. The summed E-state index contributed by atoms with van der Waals surface area (Å²) in [4.78, 5) is 27.9. The fourth-order valence-corrected chi connectivity index (χ4v) is 4.20. The predicted octanol–water partition coefficient (Wildman–Crippen LogP) is 4.72. The van der Waals surface area contributed by atoms with E-state index in [1.165, 1.54) is 6.07 Å². The number of hydrogen-bond acceptors (Lipinski definition) is 4. The van der Waals surface area contributed by atoms with Crippen LogP contribution in [0, 0.1) is 11.7 Å². The van der Waals surface area contributed by atoms with Gasteiger partial charge in [0.2, 0.25) is 0 Å². The smallest absolute Gasteiger partial charge is 0.404 e. The summed E-state index contributed by atoms with van der Waals surface area (Å²) in [6.07, 6.45) is 5.39. The highest BCUT2D eigenvalue weighted by Crippen LogP contribution is 2.38. The number of nitrogens with zero attached hydrogens (tertiary/aromatic N) is 1. The summed E-state index contributed by atoms with van der Waals surface area (Å²) >= 11 is 3.23. The molecule has 0 radical (unpaired) electrons.